The SMILES string of the molecule is C/C1=C\[C@@H](O)[C@H](C(C)C)[C@H](OC(=O)c2ccc(O)cc2)C/C(C)=C/CC1. The van der Waals surface area contributed by atoms with Gasteiger partial charge in [0.2, 0.25) is 0 Å². The fourth-order valence-electron chi connectivity index (χ4n) is 3.54. The lowest BCUT2D eigenvalue weighted by molar-refractivity contribution is -0.0216. The molecule has 0 spiro atoms. The normalized spacial score (nSPS) is 28.6. The summed E-state index contributed by atoms with van der Waals surface area (Å²) in [5.74, 6) is -0.361. The quantitative estimate of drug-likeness (QED) is 0.611. The Morgan fingerprint density at radius 1 is 1.15 bits per heavy atom. The third-order valence-electron chi connectivity index (χ3n) is 4.96. The highest BCUT2D eigenvalue weighted by molar-refractivity contribution is 5.89. The molecular weight excluding hydrogens is 328 g/mol. The van der Waals surface area contributed by atoms with Crippen molar-refractivity contribution in [2.75, 3.05) is 0 Å². The number of carbonyl (C=O) groups is 1. The van der Waals surface area contributed by atoms with E-state index in [9.17, 15) is 15.0 Å². The topological polar surface area (TPSA) is 66.8 Å². The van der Waals surface area contributed by atoms with Crippen LogP contribution in [-0.2, 0) is 4.74 Å². The molecule has 1 aliphatic carbocycles. The van der Waals surface area contributed by atoms with Gasteiger partial charge in [-0.2, -0.15) is 0 Å². The molecule has 4 nitrogen and oxygen atoms in total. The van der Waals surface area contributed by atoms with Gasteiger partial charge in [-0.15, -0.1) is 0 Å². The van der Waals surface area contributed by atoms with Crippen LogP contribution in [0.5, 0.6) is 5.75 Å². The van der Waals surface area contributed by atoms with Crippen LogP contribution in [0.3, 0.4) is 0 Å². The first-order chi connectivity index (χ1) is 12.3. The van der Waals surface area contributed by atoms with Crippen LogP contribution in [0.1, 0.15) is 57.3 Å². The molecule has 0 aliphatic heterocycles. The first kappa shape index (κ1) is 20.2. The summed E-state index contributed by atoms with van der Waals surface area (Å²) in [6.07, 6.45) is 5.48. The van der Waals surface area contributed by atoms with E-state index in [1.54, 1.807) is 12.1 Å². The van der Waals surface area contributed by atoms with E-state index >= 15 is 0 Å². The number of esters is 1. The standard InChI is InChI=1S/C22H30O4/c1-14(2)21-19(24)12-15(3)6-5-7-16(4)13-20(21)26-22(25)17-8-10-18(23)11-9-17/h7-12,14,19-21,23-24H,5-6,13H2,1-4H3/b15-12+,16-7+/t19-,20-,21+/m1/s1. The highest BCUT2D eigenvalue weighted by Gasteiger charge is 2.33. The molecule has 0 unspecified atom stereocenters. The van der Waals surface area contributed by atoms with Crippen LogP contribution in [0.25, 0.3) is 0 Å². The lowest BCUT2D eigenvalue weighted by Gasteiger charge is -2.33. The first-order valence-electron chi connectivity index (χ1n) is 9.29. The molecule has 26 heavy (non-hydrogen) atoms. The van der Waals surface area contributed by atoms with Gasteiger partial charge in [0.15, 0.2) is 0 Å². The fraction of sp³-hybridized carbons (Fsp3) is 0.500. The van der Waals surface area contributed by atoms with E-state index in [0.717, 1.165) is 18.4 Å². The van der Waals surface area contributed by atoms with Gasteiger partial charge < -0.3 is 14.9 Å². The molecule has 0 amide bonds. The molecule has 0 saturated carbocycles. The number of aliphatic hydroxyl groups excluding tert-OH is 1. The first-order valence-corrected chi connectivity index (χ1v) is 9.29. The number of carbonyl (C=O) groups excluding carboxylic acids is 1. The van der Waals surface area contributed by atoms with E-state index in [1.807, 2.05) is 33.8 Å². The number of allylic oxidation sites excluding steroid dienone is 2. The van der Waals surface area contributed by atoms with Crippen molar-refractivity contribution in [3.63, 3.8) is 0 Å². The van der Waals surface area contributed by atoms with Crippen LogP contribution >= 0.6 is 0 Å². The molecule has 0 bridgehead atoms. The summed E-state index contributed by atoms with van der Waals surface area (Å²) in [5.41, 5.74) is 2.71. The van der Waals surface area contributed by atoms with Crippen molar-refractivity contribution >= 4 is 5.97 Å². The van der Waals surface area contributed by atoms with Gasteiger partial charge in [-0.05, 0) is 56.9 Å². The summed E-state index contributed by atoms with van der Waals surface area (Å²) in [6.45, 7) is 8.17. The molecule has 1 aliphatic rings. The number of hydrogen-bond donors (Lipinski definition) is 2. The number of benzene rings is 1. The van der Waals surface area contributed by atoms with E-state index in [0.29, 0.717) is 12.0 Å². The minimum absolute atomic E-state index is 0.107. The molecule has 2 rings (SSSR count). The van der Waals surface area contributed by atoms with Crippen LogP contribution in [0, 0.1) is 11.8 Å². The molecule has 1 aromatic carbocycles. The van der Waals surface area contributed by atoms with Gasteiger partial charge in [0.05, 0.1) is 11.7 Å². The summed E-state index contributed by atoms with van der Waals surface area (Å²) in [7, 11) is 0. The van der Waals surface area contributed by atoms with E-state index in [2.05, 4.69) is 6.08 Å². The molecule has 0 radical (unpaired) electrons. The molecule has 3 atom stereocenters. The number of hydrogen-bond acceptors (Lipinski definition) is 4. The molecule has 4 heteroatoms. The summed E-state index contributed by atoms with van der Waals surface area (Å²) in [6, 6.07) is 6.03. The maximum Gasteiger partial charge on any atom is 0.338 e. The minimum atomic E-state index is -0.654. The van der Waals surface area contributed by atoms with Crippen molar-refractivity contribution < 1.29 is 19.7 Å². The Labute approximate surface area is 156 Å². The van der Waals surface area contributed by atoms with Gasteiger partial charge >= 0.3 is 5.97 Å². The van der Waals surface area contributed by atoms with Crippen LogP contribution in [0.2, 0.25) is 0 Å². The number of phenols is 1. The Balaban J connectivity index is 2.30. The van der Waals surface area contributed by atoms with Crippen molar-refractivity contribution in [3.05, 3.63) is 53.1 Å². The van der Waals surface area contributed by atoms with Gasteiger partial charge in [0, 0.05) is 12.3 Å². The van der Waals surface area contributed by atoms with Gasteiger partial charge in [0.25, 0.3) is 0 Å². The predicted molar refractivity (Wildman–Crippen MR) is 103 cm³/mol. The summed E-state index contributed by atoms with van der Waals surface area (Å²) in [5, 5.41) is 20.2. The van der Waals surface area contributed by atoms with Crippen LogP contribution in [0.15, 0.2) is 47.6 Å². The number of aromatic hydroxyl groups is 1. The summed E-state index contributed by atoms with van der Waals surface area (Å²) in [4.78, 5) is 12.6. The maximum atomic E-state index is 12.6. The summed E-state index contributed by atoms with van der Waals surface area (Å²) < 4.78 is 5.85. The van der Waals surface area contributed by atoms with Gasteiger partial charge in [0.1, 0.15) is 11.9 Å². The van der Waals surface area contributed by atoms with Crippen molar-refractivity contribution in [2.24, 2.45) is 11.8 Å². The zero-order chi connectivity index (χ0) is 19.3. The Bertz CT molecular complexity index is 670. The van der Waals surface area contributed by atoms with Crippen LogP contribution < -0.4 is 0 Å². The summed E-state index contributed by atoms with van der Waals surface area (Å²) >= 11 is 0. The molecule has 142 valence electrons. The Morgan fingerprint density at radius 2 is 1.81 bits per heavy atom. The number of ether oxygens (including phenoxy) is 1. The molecular formula is C22H30O4. The van der Waals surface area contributed by atoms with Crippen LogP contribution in [0.4, 0.5) is 0 Å². The second-order valence-electron chi connectivity index (χ2n) is 7.61. The smallest absolute Gasteiger partial charge is 0.338 e. The molecule has 0 aromatic heterocycles. The molecule has 2 N–H and O–H groups in total. The predicted octanol–water partition coefficient (Wildman–Crippen LogP) is 4.63. The van der Waals surface area contributed by atoms with E-state index in [4.69, 9.17) is 4.74 Å². The van der Waals surface area contributed by atoms with E-state index in [-0.39, 0.29) is 17.6 Å². The lowest BCUT2D eigenvalue weighted by Crippen LogP contribution is -2.38. The van der Waals surface area contributed by atoms with Crippen molar-refractivity contribution in [1.82, 2.24) is 0 Å². The lowest BCUT2D eigenvalue weighted by atomic mass is 9.81. The third kappa shape index (κ3) is 5.46. The Hall–Kier alpha value is -2.07. The monoisotopic (exact) mass is 358 g/mol. The number of phenolic OH excluding ortho intramolecular Hbond substituents is 1. The van der Waals surface area contributed by atoms with Crippen LogP contribution in [-0.4, -0.2) is 28.4 Å². The highest BCUT2D eigenvalue weighted by atomic mass is 16.5. The van der Waals surface area contributed by atoms with Gasteiger partial charge in [-0.3, -0.25) is 0 Å². The fourth-order valence-corrected chi connectivity index (χ4v) is 3.54. The largest absolute Gasteiger partial charge is 0.508 e. The minimum Gasteiger partial charge on any atom is -0.508 e. The zero-order valence-corrected chi connectivity index (χ0v) is 16.1. The van der Waals surface area contributed by atoms with Crippen molar-refractivity contribution in [3.8, 4) is 5.75 Å². The second-order valence-corrected chi connectivity index (χ2v) is 7.61. The maximum absolute atomic E-state index is 12.6. The Morgan fingerprint density at radius 3 is 2.42 bits per heavy atom. The van der Waals surface area contributed by atoms with Gasteiger partial charge in [-0.25, -0.2) is 4.79 Å². The zero-order valence-electron chi connectivity index (χ0n) is 16.1. The Kier molecular flexibility index (Phi) is 7.04. The van der Waals surface area contributed by atoms with Gasteiger partial charge in [-0.1, -0.05) is 37.1 Å². The molecule has 0 heterocycles. The highest BCUT2D eigenvalue weighted by Crippen LogP contribution is 2.30. The number of rotatable bonds is 3. The number of aliphatic hydroxyl groups is 1. The molecule has 0 saturated heterocycles. The van der Waals surface area contributed by atoms with E-state index in [1.165, 1.54) is 17.7 Å². The average Bonchev–Trinajstić information content (AvgIpc) is 2.54. The van der Waals surface area contributed by atoms with E-state index < -0.39 is 18.2 Å². The second kappa shape index (κ2) is 9.04. The molecule has 0 fully saturated rings. The molecule has 1 aromatic rings. The average molecular weight is 358 g/mol. The van der Waals surface area contributed by atoms with Crippen molar-refractivity contribution in [2.45, 2.75) is 59.2 Å². The van der Waals surface area contributed by atoms with Crippen molar-refractivity contribution in [1.29, 1.82) is 0 Å². The third-order valence-corrected chi connectivity index (χ3v) is 4.96.